The normalized spacial score (nSPS) is 10.4. The van der Waals surface area contributed by atoms with Crippen LogP contribution >= 0.6 is 22.9 Å². The molecule has 0 saturated carbocycles. The van der Waals surface area contributed by atoms with Crippen molar-refractivity contribution in [1.82, 2.24) is 19.4 Å². The molecule has 0 N–H and O–H groups in total. The number of nitrogens with zero attached hydrogens (tertiary/aromatic N) is 4. The van der Waals surface area contributed by atoms with Gasteiger partial charge in [0.25, 0.3) is 0 Å². The summed E-state index contributed by atoms with van der Waals surface area (Å²) in [6.07, 6.45) is 6.50. The maximum absolute atomic E-state index is 5.85. The van der Waals surface area contributed by atoms with E-state index in [1.165, 1.54) is 11.3 Å². The fourth-order valence-electron chi connectivity index (χ4n) is 1.97. The zero-order valence-electron chi connectivity index (χ0n) is 12.0. The SMILES string of the molecule is CC.Cc1cn2cc(C)nc2c(Cc2cnc(Cl)s2)n1. The van der Waals surface area contributed by atoms with E-state index >= 15 is 0 Å². The lowest BCUT2D eigenvalue weighted by atomic mass is 10.2. The number of fused-ring (bicyclic) bond motifs is 1. The lowest BCUT2D eigenvalue weighted by Gasteiger charge is -2.03. The van der Waals surface area contributed by atoms with Crippen LogP contribution in [0, 0.1) is 13.8 Å². The Morgan fingerprint density at radius 3 is 2.40 bits per heavy atom. The Kier molecular flexibility index (Phi) is 4.73. The van der Waals surface area contributed by atoms with Gasteiger partial charge in [0.2, 0.25) is 0 Å². The molecule has 3 aromatic rings. The Morgan fingerprint density at radius 2 is 1.80 bits per heavy atom. The molecule has 0 radical (unpaired) electrons. The van der Waals surface area contributed by atoms with E-state index in [0.29, 0.717) is 10.9 Å². The second-order valence-electron chi connectivity index (χ2n) is 4.20. The second-order valence-corrected chi connectivity index (χ2v) is 5.90. The van der Waals surface area contributed by atoms with Gasteiger partial charge in [0, 0.05) is 29.9 Å². The van der Waals surface area contributed by atoms with E-state index < -0.39 is 0 Å². The number of imidazole rings is 1. The first-order valence-corrected chi connectivity index (χ1v) is 7.73. The predicted octanol–water partition coefficient (Wildman–Crippen LogP) is 4.07. The number of thiazole rings is 1. The number of halogens is 1. The van der Waals surface area contributed by atoms with Gasteiger partial charge < -0.3 is 4.40 Å². The molecule has 0 aliphatic rings. The van der Waals surface area contributed by atoms with Crippen molar-refractivity contribution in [2.45, 2.75) is 34.1 Å². The third-order valence-corrected chi connectivity index (χ3v) is 3.73. The highest BCUT2D eigenvalue weighted by Crippen LogP contribution is 2.22. The third kappa shape index (κ3) is 3.16. The molecule has 6 heteroatoms. The molecule has 0 spiro atoms. The van der Waals surface area contributed by atoms with Crippen LogP contribution in [0.25, 0.3) is 5.65 Å². The summed E-state index contributed by atoms with van der Waals surface area (Å²) in [6, 6.07) is 0. The average Bonchev–Trinajstić information content (AvgIpc) is 2.97. The van der Waals surface area contributed by atoms with E-state index in [1.807, 2.05) is 44.5 Å². The summed E-state index contributed by atoms with van der Waals surface area (Å²) in [5.74, 6) is 0. The number of rotatable bonds is 2. The van der Waals surface area contributed by atoms with Crippen LogP contribution < -0.4 is 0 Å². The van der Waals surface area contributed by atoms with Crippen LogP contribution in [0.4, 0.5) is 0 Å². The predicted molar refractivity (Wildman–Crippen MR) is 83.7 cm³/mol. The molecule has 106 valence electrons. The number of hydrogen-bond donors (Lipinski definition) is 0. The summed E-state index contributed by atoms with van der Waals surface area (Å²) >= 11 is 7.33. The van der Waals surface area contributed by atoms with Crippen molar-refractivity contribution in [1.29, 1.82) is 0 Å². The van der Waals surface area contributed by atoms with Crippen LogP contribution in [-0.4, -0.2) is 19.4 Å². The van der Waals surface area contributed by atoms with Crippen LogP contribution in [0.1, 0.15) is 35.8 Å². The van der Waals surface area contributed by atoms with E-state index in [9.17, 15) is 0 Å². The Bertz CT molecular complexity index is 717. The highest BCUT2D eigenvalue weighted by Gasteiger charge is 2.10. The zero-order chi connectivity index (χ0) is 14.7. The van der Waals surface area contributed by atoms with Gasteiger partial charge in [-0.2, -0.15) is 0 Å². The highest BCUT2D eigenvalue weighted by atomic mass is 35.5. The molecule has 3 rings (SSSR count). The van der Waals surface area contributed by atoms with Gasteiger partial charge in [-0.25, -0.2) is 9.97 Å². The fourth-order valence-corrected chi connectivity index (χ4v) is 2.95. The summed E-state index contributed by atoms with van der Waals surface area (Å²) in [4.78, 5) is 14.2. The van der Waals surface area contributed by atoms with Crippen molar-refractivity contribution in [2.24, 2.45) is 0 Å². The van der Waals surface area contributed by atoms with Crippen LogP contribution in [0.15, 0.2) is 18.6 Å². The number of aryl methyl sites for hydroxylation is 2. The summed E-state index contributed by atoms with van der Waals surface area (Å²) in [5, 5.41) is 0. The topological polar surface area (TPSA) is 43.1 Å². The second kappa shape index (κ2) is 6.33. The first-order valence-electron chi connectivity index (χ1n) is 6.54. The van der Waals surface area contributed by atoms with Crippen LogP contribution in [0.3, 0.4) is 0 Å². The summed E-state index contributed by atoms with van der Waals surface area (Å²) in [6.45, 7) is 7.97. The van der Waals surface area contributed by atoms with Crippen molar-refractivity contribution in [3.63, 3.8) is 0 Å². The molecule has 0 unspecified atom stereocenters. The Morgan fingerprint density at radius 1 is 1.15 bits per heavy atom. The lowest BCUT2D eigenvalue weighted by molar-refractivity contribution is 0.987. The average molecular weight is 309 g/mol. The van der Waals surface area contributed by atoms with Crippen molar-refractivity contribution < 1.29 is 0 Å². The van der Waals surface area contributed by atoms with Crippen LogP contribution in [0.2, 0.25) is 4.47 Å². The molecule has 0 aliphatic carbocycles. The summed E-state index contributed by atoms with van der Waals surface area (Å²) < 4.78 is 2.59. The Balaban J connectivity index is 0.000000704. The molecule has 0 aliphatic heterocycles. The minimum Gasteiger partial charge on any atom is -0.303 e. The van der Waals surface area contributed by atoms with Gasteiger partial charge in [0.15, 0.2) is 10.1 Å². The van der Waals surface area contributed by atoms with Crippen molar-refractivity contribution >= 4 is 28.6 Å². The molecular weight excluding hydrogens is 292 g/mol. The van der Waals surface area contributed by atoms with Crippen molar-refractivity contribution in [2.75, 3.05) is 0 Å². The standard InChI is InChI=1S/C12H11ClN4S.C2H6/c1-7-5-17-6-8(2)16-11(17)10(15-7)3-9-4-14-12(13)18-9;1-2/h4-6H,3H2,1-2H3;1-2H3. The van der Waals surface area contributed by atoms with Gasteiger partial charge >= 0.3 is 0 Å². The molecule has 3 heterocycles. The molecule has 4 nitrogen and oxygen atoms in total. The third-order valence-electron chi connectivity index (χ3n) is 2.62. The van der Waals surface area contributed by atoms with Crippen molar-refractivity contribution in [3.8, 4) is 0 Å². The minimum absolute atomic E-state index is 0.563. The van der Waals surface area contributed by atoms with Gasteiger partial charge in [0.05, 0.1) is 17.1 Å². The van der Waals surface area contributed by atoms with E-state index in [0.717, 1.165) is 27.6 Å². The maximum atomic E-state index is 5.85. The van der Waals surface area contributed by atoms with Gasteiger partial charge in [-0.05, 0) is 13.8 Å². The molecular formula is C14H17ClN4S. The van der Waals surface area contributed by atoms with Gasteiger partial charge in [-0.3, -0.25) is 4.98 Å². The quantitative estimate of drug-likeness (QED) is 0.716. The first-order chi connectivity index (χ1) is 9.61. The maximum Gasteiger partial charge on any atom is 0.183 e. The first kappa shape index (κ1) is 14.9. The van der Waals surface area contributed by atoms with Gasteiger partial charge in [0.1, 0.15) is 0 Å². The molecule has 0 saturated heterocycles. The van der Waals surface area contributed by atoms with E-state index in [1.54, 1.807) is 6.20 Å². The van der Waals surface area contributed by atoms with Gasteiger partial charge in [-0.1, -0.05) is 25.4 Å². The van der Waals surface area contributed by atoms with Gasteiger partial charge in [-0.15, -0.1) is 11.3 Å². The van der Waals surface area contributed by atoms with E-state index in [-0.39, 0.29) is 0 Å². The summed E-state index contributed by atoms with van der Waals surface area (Å²) in [5.41, 5.74) is 3.84. The van der Waals surface area contributed by atoms with E-state index in [4.69, 9.17) is 11.6 Å². The van der Waals surface area contributed by atoms with Crippen molar-refractivity contribution in [3.05, 3.63) is 45.0 Å². The minimum atomic E-state index is 0.563. The highest BCUT2D eigenvalue weighted by molar-refractivity contribution is 7.15. The van der Waals surface area contributed by atoms with Crippen LogP contribution in [0.5, 0.6) is 0 Å². The Hall–Kier alpha value is -1.46. The molecule has 0 aromatic carbocycles. The lowest BCUT2D eigenvalue weighted by Crippen LogP contribution is -1.99. The van der Waals surface area contributed by atoms with E-state index in [2.05, 4.69) is 15.0 Å². The Labute approximate surface area is 127 Å². The largest absolute Gasteiger partial charge is 0.303 e. The monoisotopic (exact) mass is 308 g/mol. The summed E-state index contributed by atoms with van der Waals surface area (Å²) in [7, 11) is 0. The zero-order valence-corrected chi connectivity index (χ0v) is 13.6. The smallest absolute Gasteiger partial charge is 0.183 e. The molecule has 3 aromatic heterocycles. The fraction of sp³-hybridized carbons (Fsp3) is 0.357. The molecule has 0 bridgehead atoms. The molecule has 0 fully saturated rings. The van der Waals surface area contributed by atoms with Crippen LogP contribution in [-0.2, 0) is 6.42 Å². The molecule has 0 amide bonds. The molecule has 0 atom stereocenters. The number of hydrogen-bond acceptors (Lipinski definition) is 4. The molecule has 20 heavy (non-hydrogen) atoms. The number of aromatic nitrogens is 4.